The van der Waals surface area contributed by atoms with Gasteiger partial charge >= 0.3 is 5.97 Å². The van der Waals surface area contributed by atoms with Crippen molar-refractivity contribution in [3.63, 3.8) is 0 Å². The highest BCUT2D eigenvalue weighted by molar-refractivity contribution is 5.80. The molecular formula is C30H32O8. The minimum atomic E-state index is -0.574. The molecule has 8 nitrogen and oxygen atoms in total. The van der Waals surface area contributed by atoms with E-state index in [9.17, 15) is 4.79 Å². The van der Waals surface area contributed by atoms with E-state index in [1.54, 1.807) is 14.2 Å². The third-order valence-corrected chi connectivity index (χ3v) is 7.04. The maximum absolute atomic E-state index is 13.6. The van der Waals surface area contributed by atoms with Crippen LogP contribution >= 0.6 is 0 Å². The molecule has 1 aliphatic heterocycles. The van der Waals surface area contributed by atoms with E-state index in [0.717, 1.165) is 34.4 Å². The smallest absolute Gasteiger partial charge is 0.310 e. The van der Waals surface area contributed by atoms with Crippen molar-refractivity contribution in [3.05, 3.63) is 76.9 Å². The molecule has 3 aromatic carbocycles. The minimum absolute atomic E-state index is 0.0495. The first-order valence-corrected chi connectivity index (χ1v) is 12.6. The van der Waals surface area contributed by atoms with Crippen molar-refractivity contribution >= 4 is 5.97 Å². The van der Waals surface area contributed by atoms with Crippen LogP contribution in [0.3, 0.4) is 0 Å². The van der Waals surface area contributed by atoms with Crippen LogP contribution in [0, 0.1) is 5.92 Å². The Hall–Kier alpha value is -3.91. The molecule has 0 spiro atoms. The Bertz CT molecular complexity index is 1300. The van der Waals surface area contributed by atoms with Crippen LogP contribution in [-0.4, -0.2) is 47.5 Å². The molecule has 0 amide bonds. The van der Waals surface area contributed by atoms with Crippen molar-refractivity contribution in [2.24, 2.45) is 5.92 Å². The summed E-state index contributed by atoms with van der Waals surface area (Å²) in [5.74, 6) is 1.74. The van der Waals surface area contributed by atoms with Gasteiger partial charge in [-0.15, -0.1) is 0 Å². The molecule has 1 aliphatic carbocycles. The number of esters is 1. The average Bonchev–Trinajstić information content (AvgIpc) is 3.56. The van der Waals surface area contributed by atoms with Crippen LogP contribution in [0.4, 0.5) is 0 Å². The number of carbonyl (C=O) groups excluding carboxylic acids is 1. The van der Waals surface area contributed by atoms with Gasteiger partial charge in [0.1, 0.15) is 17.2 Å². The number of hydrogen-bond acceptors (Lipinski definition) is 8. The van der Waals surface area contributed by atoms with Crippen LogP contribution in [0.15, 0.2) is 54.6 Å². The number of ether oxygens (including phenoxy) is 7. The lowest BCUT2D eigenvalue weighted by atomic mass is 9.79. The van der Waals surface area contributed by atoms with Crippen molar-refractivity contribution in [2.75, 3.05) is 41.5 Å². The molecule has 0 fully saturated rings. The van der Waals surface area contributed by atoms with Crippen molar-refractivity contribution in [1.82, 2.24) is 0 Å². The van der Waals surface area contributed by atoms with Gasteiger partial charge in [0, 0.05) is 30.6 Å². The predicted molar refractivity (Wildman–Crippen MR) is 139 cm³/mol. The van der Waals surface area contributed by atoms with Gasteiger partial charge in [-0.3, -0.25) is 4.79 Å². The highest BCUT2D eigenvalue weighted by atomic mass is 16.7. The van der Waals surface area contributed by atoms with E-state index in [-0.39, 0.29) is 31.4 Å². The van der Waals surface area contributed by atoms with Gasteiger partial charge in [-0.1, -0.05) is 25.1 Å². The zero-order valence-electron chi connectivity index (χ0n) is 22.0. The lowest BCUT2D eigenvalue weighted by Gasteiger charge is -2.26. The second-order valence-electron chi connectivity index (χ2n) is 9.21. The first kappa shape index (κ1) is 25.7. The molecule has 200 valence electrons. The zero-order valence-corrected chi connectivity index (χ0v) is 22.0. The minimum Gasteiger partial charge on any atom is -0.497 e. The molecule has 5 rings (SSSR count). The molecule has 0 bridgehead atoms. The molecule has 8 heteroatoms. The van der Waals surface area contributed by atoms with E-state index in [4.69, 9.17) is 33.2 Å². The standard InChI is InChI=1S/C30H32O8/c1-5-12-35-20-8-9-21-23(14-20)28(22-10-7-19(33-3)15-25(22)36-16-32-2)29(30(31)34-4)27(21)18-6-11-24-26(13-18)38-17-37-24/h6-11,13-15,27-29H,5,12,16-17H2,1-4H3. The summed E-state index contributed by atoms with van der Waals surface area (Å²) in [6.45, 7) is 2.89. The Kier molecular flexibility index (Phi) is 7.60. The summed E-state index contributed by atoms with van der Waals surface area (Å²) in [7, 11) is 4.59. The second-order valence-corrected chi connectivity index (χ2v) is 9.21. The van der Waals surface area contributed by atoms with Gasteiger partial charge in [0.05, 0.1) is 26.7 Å². The predicted octanol–water partition coefficient (Wildman–Crippen LogP) is 5.26. The van der Waals surface area contributed by atoms with Gasteiger partial charge in [0.25, 0.3) is 0 Å². The Morgan fingerprint density at radius 3 is 2.39 bits per heavy atom. The number of carbonyl (C=O) groups is 1. The van der Waals surface area contributed by atoms with Crippen molar-refractivity contribution in [1.29, 1.82) is 0 Å². The fourth-order valence-electron chi connectivity index (χ4n) is 5.40. The maximum Gasteiger partial charge on any atom is 0.310 e. The molecule has 1 heterocycles. The molecule has 0 radical (unpaired) electrons. The van der Waals surface area contributed by atoms with Gasteiger partial charge in [0.2, 0.25) is 6.79 Å². The summed E-state index contributed by atoms with van der Waals surface area (Å²) in [5.41, 5.74) is 3.75. The van der Waals surface area contributed by atoms with Crippen LogP contribution in [0.2, 0.25) is 0 Å². The summed E-state index contributed by atoms with van der Waals surface area (Å²) in [4.78, 5) is 13.6. The van der Waals surface area contributed by atoms with Gasteiger partial charge in [-0.05, 0) is 53.4 Å². The monoisotopic (exact) mass is 520 g/mol. The second kappa shape index (κ2) is 11.2. The normalized spacial score (nSPS) is 19.1. The van der Waals surface area contributed by atoms with Crippen molar-refractivity contribution in [2.45, 2.75) is 25.2 Å². The van der Waals surface area contributed by atoms with Gasteiger partial charge in [-0.25, -0.2) is 0 Å². The molecule has 3 aromatic rings. The topological polar surface area (TPSA) is 81.7 Å². The summed E-state index contributed by atoms with van der Waals surface area (Å²) in [6.07, 6.45) is 0.888. The van der Waals surface area contributed by atoms with Crippen LogP contribution in [0.1, 0.15) is 47.4 Å². The SMILES string of the molecule is CCCOc1ccc2c(c1)C(c1ccc(OC)cc1OCOC)C(C(=O)OC)C2c1ccc2c(c1)OCO2. The zero-order chi connectivity index (χ0) is 26.6. The van der Waals surface area contributed by atoms with Crippen molar-refractivity contribution in [3.8, 4) is 28.7 Å². The van der Waals surface area contributed by atoms with Gasteiger partial charge < -0.3 is 33.2 Å². The summed E-state index contributed by atoms with van der Waals surface area (Å²) in [6, 6.07) is 17.5. The molecule has 0 saturated carbocycles. The van der Waals surface area contributed by atoms with E-state index < -0.39 is 5.92 Å². The number of fused-ring (bicyclic) bond motifs is 2. The van der Waals surface area contributed by atoms with E-state index in [2.05, 4.69) is 6.92 Å². The molecule has 3 atom stereocenters. The molecule has 3 unspecified atom stereocenters. The Morgan fingerprint density at radius 2 is 1.63 bits per heavy atom. The number of methoxy groups -OCH3 is 3. The first-order valence-electron chi connectivity index (χ1n) is 12.6. The maximum atomic E-state index is 13.6. The molecule has 0 N–H and O–H groups in total. The van der Waals surface area contributed by atoms with E-state index in [1.165, 1.54) is 7.11 Å². The highest BCUT2D eigenvalue weighted by Crippen LogP contribution is 2.56. The average molecular weight is 521 g/mol. The molecule has 0 aromatic heterocycles. The Labute approximate surface area is 222 Å². The lowest BCUT2D eigenvalue weighted by molar-refractivity contribution is -0.146. The first-order chi connectivity index (χ1) is 18.6. The third-order valence-electron chi connectivity index (χ3n) is 7.04. The highest BCUT2D eigenvalue weighted by Gasteiger charge is 2.48. The van der Waals surface area contributed by atoms with Gasteiger partial charge in [-0.2, -0.15) is 0 Å². The largest absolute Gasteiger partial charge is 0.497 e. The summed E-state index contributed by atoms with van der Waals surface area (Å²) >= 11 is 0. The molecule has 0 saturated heterocycles. The number of benzene rings is 3. The fraction of sp³-hybridized carbons (Fsp3) is 0.367. The van der Waals surface area contributed by atoms with E-state index >= 15 is 0 Å². The van der Waals surface area contributed by atoms with Crippen LogP contribution in [-0.2, 0) is 14.3 Å². The summed E-state index contributed by atoms with van der Waals surface area (Å²) in [5, 5.41) is 0. The summed E-state index contributed by atoms with van der Waals surface area (Å²) < 4.78 is 39.2. The fourth-order valence-corrected chi connectivity index (χ4v) is 5.40. The number of rotatable bonds is 10. The van der Waals surface area contributed by atoms with Crippen LogP contribution in [0.5, 0.6) is 28.7 Å². The van der Waals surface area contributed by atoms with E-state index in [1.807, 2.05) is 54.6 Å². The Balaban J connectivity index is 1.70. The molecular weight excluding hydrogens is 488 g/mol. The lowest BCUT2D eigenvalue weighted by Crippen LogP contribution is -2.26. The quantitative estimate of drug-likeness (QED) is 0.265. The van der Waals surface area contributed by atoms with Crippen molar-refractivity contribution < 1.29 is 38.0 Å². The Morgan fingerprint density at radius 1 is 0.842 bits per heavy atom. The van der Waals surface area contributed by atoms with Crippen LogP contribution < -0.4 is 23.7 Å². The van der Waals surface area contributed by atoms with E-state index in [0.29, 0.717) is 29.6 Å². The van der Waals surface area contributed by atoms with Crippen LogP contribution in [0.25, 0.3) is 0 Å². The number of hydrogen-bond donors (Lipinski definition) is 0. The third kappa shape index (κ3) is 4.72. The molecule has 38 heavy (non-hydrogen) atoms. The molecule has 2 aliphatic rings. The van der Waals surface area contributed by atoms with Gasteiger partial charge in [0.15, 0.2) is 18.3 Å².